The molecule has 0 amide bonds. The molecular weight excluding hydrogens is 301 g/mol. The first-order chi connectivity index (χ1) is 7.77. The summed E-state index contributed by atoms with van der Waals surface area (Å²) in [6.45, 7) is 1.56. The van der Waals surface area contributed by atoms with Crippen molar-refractivity contribution in [2.45, 2.75) is 17.9 Å². The van der Waals surface area contributed by atoms with Gasteiger partial charge in [0.15, 0.2) is 5.78 Å². The Morgan fingerprint density at radius 3 is 2.41 bits per heavy atom. The van der Waals surface area contributed by atoms with Gasteiger partial charge >= 0.3 is 6.18 Å². The standard InChI is InChI=1S/C11H10BrF3O2/c1-6(12)10(16)7-3-4-9(17-2)8(5-7)11(13,14)15/h3-6H,1-2H3. The van der Waals surface area contributed by atoms with Crippen LogP contribution in [0.3, 0.4) is 0 Å². The summed E-state index contributed by atoms with van der Waals surface area (Å²) in [6.07, 6.45) is -4.54. The van der Waals surface area contributed by atoms with Crippen LogP contribution in [0.4, 0.5) is 13.2 Å². The van der Waals surface area contributed by atoms with Crippen LogP contribution in [0.5, 0.6) is 5.75 Å². The quantitative estimate of drug-likeness (QED) is 0.629. The Labute approximate surface area is 105 Å². The topological polar surface area (TPSA) is 26.3 Å². The zero-order chi connectivity index (χ0) is 13.2. The van der Waals surface area contributed by atoms with Crippen molar-refractivity contribution in [3.8, 4) is 5.75 Å². The second-order valence-corrected chi connectivity index (χ2v) is 4.77. The lowest BCUT2D eigenvalue weighted by Crippen LogP contribution is -2.13. The molecule has 0 aliphatic rings. The van der Waals surface area contributed by atoms with Gasteiger partial charge in [0, 0.05) is 5.56 Å². The molecule has 0 saturated carbocycles. The van der Waals surface area contributed by atoms with Gasteiger partial charge in [0.2, 0.25) is 0 Å². The van der Waals surface area contributed by atoms with Crippen LogP contribution in [0.2, 0.25) is 0 Å². The number of halogens is 4. The van der Waals surface area contributed by atoms with Gasteiger partial charge < -0.3 is 4.74 Å². The van der Waals surface area contributed by atoms with Gasteiger partial charge in [-0.3, -0.25) is 4.79 Å². The fourth-order valence-electron chi connectivity index (χ4n) is 1.31. The third-order valence-electron chi connectivity index (χ3n) is 2.15. The van der Waals surface area contributed by atoms with Crippen LogP contribution in [0.25, 0.3) is 0 Å². The molecule has 0 N–H and O–H groups in total. The first kappa shape index (κ1) is 14.0. The molecule has 0 aromatic heterocycles. The third-order valence-corrected chi connectivity index (χ3v) is 2.57. The summed E-state index contributed by atoms with van der Waals surface area (Å²) in [5.74, 6) is -0.700. The van der Waals surface area contributed by atoms with Crippen molar-refractivity contribution in [2.24, 2.45) is 0 Å². The monoisotopic (exact) mass is 310 g/mol. The second-order valence-electron chi connectivity index (χ2n) is 3.39. The fourth-order valence-corrected chi connectivity index (χ4v) is 1.58. The number of benzene rings is 1. The predicted octanol–water partition coefficient (Wildman–Crippen LogP) is 3.68. The summed E-state index contributed by atoms with van der Waals surface area (Å²) in [5, 5.41) is 0. The molecule has 0 heterocycles. The molecular formula is C11H10BrF3O2. The average Bonchev–Trinajstić information content (AvgIpc) is 2.25. The van der Waals surface area contributed by atoms with Gasteiger partial charge in [-0.1, -0.05) is 15.9 Å². The van der Waals surface area contributed by atoms with E-state index in [-0.39, 0.29) is 11.3 Å². The van der Waals surface area contributed by atoms with Crippen molar-refractivity contribution < 1.29 is 22.7 Å². The van der Waals surface area contributed by atoms with Crippen LogP contribution in [0, 0.1) is 0 Å². The minimum atomic E-state index is -4.54. The number of Topliss-reactive ketones (excluding diaryl/α,β-unsaturated/α-hetero) is 1. The molecule has 1 aromatic carbocycles. The maximum atomic E-state index is 12.7. The van der Waals surface area contributed by atoms with Crippen LogP contribution >= 0.6 is 15.9 Å². The van der Waals surface area contributed by atoms with E-state index in [0.29, 0.717) is 0 Å². The lowest BCUT2D eigenvalue weighted by atomic mass is 10.0. The van der Waals surface area contributed by atoms with Crippen molar-refractivity contribution in [1.82, 2.24) is 0 Å². The van der Waals surface area contributed by atoms with Crippen LogP contribution in [-0.2, 0) is 6.18 Å². The van der Waals surface area contributed by atoms with Gasteiger partial charge in [0.1, 0.15) is 5.75 Å². The van der Waals surface area contributed by atoms with E-state index in [4.69, 9.17) is 0 Å². The molecule has 17 heavy (non-hydrogen) atoms. The summed E-state index contributed by atoms with van der Waals surface area (Å²) in [7, 11) is 1.15. The summed E-state index contributed by atoms with van der Waals surface area (Å²) < 4.78 is 42.7. The Hall–Kier alpha value is -1.04. The van der Waals surface area contributed by atoms with Gasteiger partial charge in [-0.05, 0) is 25.1 Å². The fraction of sp³-hybridized carbons (Fsp3) is 0.364. The van der Waals surface area contributed by atoms with Crippen LogP contribution in [0.1, 0.15) is 22.8 Å². The summed E-state index contributed by atoms with van der Waals surface area (Å²) in [5.41, 5.74) is -0.943. The van der Waals surface area contributed by atoms with Crippen molar-refractivity contribution in [3.05, 3.63) is 29.3 Å². The smallest absolute Gasteiger partial charge is 0.419 e. The van der Waals surface area contributed by atoms with E-state index in [2.05, 4.69) is 20.7 Å². The molecule has 94 valence electrons. The molecule has 6 heteroatoms. The normalized spacial score (nSPS) is 13.3. The molecule has 1 unspecified atom stereocenters. The maximum absolute atomic E-state index is 12.7. The molecule has 0 saturated heterocycles. The molecule has 0 aliphatic carbocycles. The lowest BCUT2D eigenvalue weighted by molar-refractivity contribution is -0.138. The molecule has 1 aromatic rings. The molecule has 1 atom stereocenters. The Bertz CT molecular complexity index is 427. The third kappa shape index (κ3) is 3.21. The Balaban J connectivity index is 3.28. The number of ether oxygens (including phenoxy) is 1. The number of hydrogen-bond donors (Lipinski definition) is 0. The van der Waals surface area contributed by atoms with E-state index in [1.165, 1.54) is 6.07 Å². The number of methoxy groups -OCH3 is 1. The zero-order valence-electron chi connectivity index (χ0n) is 9.14. The van der Waals surface area contributed by atoms with Gasteiger partial charge in [-0.25, -0.2) is 0 Å². The van der Waals surface area contributed by atoms with Crippen molar-refractivity contribution in [1.29, 1.82) is 0 Å². The predicted molar refractivity (Wildman–Crippen MR) is 60.7 cm³/mol. The van der Waals surface area contributed by atoms with E-state index in [1.54, 1.807) is 6.92 Å². The van der Waals surface area contributed by atoms with E-state index >= 15 is 0 Å². The highest BCUT2D eigenvalue weighted by molar-refractivity contribution is 9.10. The number of carbonyl (C=O) groups excluding carboxylic acids is 1. The second kappa shape index (κ2) is 5.08. The number of rotatable bonds is 3. The largest absolute Gasteiger partial charge is 0.496 e. The van der Waals surface area contributed by atoms with Gasteiger partial charge in [-0.2, -0.15) is 13.2 Å². The Morgan fingerprint density at radius 1 is 1.41 bits per heavy atom. The molecule has 1 rings (SSSR count). The molecule has 0 spiro atoms. The van der Waals surface area contributed by atoms with Gasteiger partial charge in [0.25, 0.3) is 0 Å². The van der Waals surface area contributed by atoms with Crippen molar-refractivity contribution in [2.75, 3.05) is 7.11 Å². The zero-order valence-corrected chi connectivity index (χ0v) is 10.7. The summed E-state index contributed by atoms with van der Waals surface area (Å²) >= 11 is 3.03. The maximum Gasteiger partial charge on any atom is 0.419 e. The van der Waals surface area contributed by atoms with Crippen molar-refractivity contribution >= 4 is 21.7 Å². The number of ketones is 1. The first-order valence-electron chi connectivity index (χ1n) is 4.71. The van der Waals surface area contributed by atoms with E-state index in [9.17, 15) is 18.0 Å². The van der Waals surface area contributed by atoms with Gasteiger partial charge in [-0.15, -0.1) is 0 Å². The highest BCUT2D eigenvalue weighted by Crippen LogP contribution is 2.36. The molecule has 0 aliphatic heterocycles. The number of alkyl halides is 4. The van der Waals surface area contributed by atoms with Crippen molar-refractivity contribution in [3.63, 3.8) is 0 Å². The molecule has 0 bridgehead atoms. The molecule has 0 fully saturated rings. The summed E-state index contributed by atoms with van der Waals surface area (Å²) in [4.78, 5) is 11.0. The van der Waals surface area contributed by atoms with Crippen LogP contribution in [0.15, 0.2) is 18.2 Å². The highest BCUT2D eigenvalue weighted by atomic mass is 79.9. The van der Waals surface area contributed by atoms with E-state index < -0.39 is 22.4 Å². The van der Waals surface area contributed by atoms with E-state index in [1.807, 2.05) is 0 Å². The van der Waals surface area contributed by atoms with E-state index in [0.717, 1.165) is 19.2 Å². The van der Waals surface area contributed by atoms with Crippen LogP contribution < -0.4 is 4.74 Å². The minimum absolute atomic E-state index is 0.00231. The Kier molecular flexibility index (Phi) is 4.19. The molecule has 2 nitrogen and oxygen atoms in total. The van der Waals surface area contributed by atoms with Gasteiger partial charge in [0.05, 0.1) is 17.5 Å². The Morgan fingerprint density at radius 2 is 2.00 bits per heavy atom. The first-order valence-corrected chi connectivity index (χ1v) is 5.62. The lowest BCUT2D eigenvalue weighted by Gasteiger charge is -2.13. The molecule has 0 radical (unpaired) electrons. The summed E-state index contributed by atoms with van der Waals surface area (Å²) in [6, 6.07) is 3.26. The number of carbonyl (C=O) groups is 1. The minimum Gasteiger partial charge on any atom is -0.496 e. The SMILES string of the molecule is COc1ccc(C(=O)C(C)Br)cc1C(F)(F)F. The number of hydrogen-bond acceptors (Lipinski definition) is 2. The average molecular weight is 311 g/mol. The highest BCUT2D eigenvalue weighted by Gasteiger charge is 2.35. The van der Waals surface area contributed by atoms with Crippen LogP contribution in [-0.4, -0.2) is 17.7 Å².